The summed E-state index contributed by atoms with van der Waals surface area (Å²) in [6.07, 6.45) is 3.04. The van der Waals surface area contributed by atoms with Crippen LogP contribution in [0.25, 0.3) is 0 Å². The molecule has 2 fully saturated rings. The SMILES string of the molecule is O=C(NCCc1ccccc1)N1C2CCC1COC2. The molecule has 19 heavy (non-hydrogen) atoms. The van der Waals surface area contributed by atoms with E-state index in [2.05, 4.69) is 17.4 Å². The molecule has 3 rings (SSSR count). The molecule has 1 N–H and O–H groups in total. The summed E-state index contributed by atoms with van der Waals surface area (Å²) in [5.74, 6) is 0. The molecule has 2 unspecified atom stereocenters. The molecule has 2 heterocycles. The number of urea groups is 1. The lowest BCUT2D eigenvalue weighted by molar-refractivity contribution is 0.00645. The van der Waals surface area contributed by atoms with Crippen LogP contribution in [0.5, 0.6) is 0 Å². The van der Waals surface area contributed by atoms with Crippen molar-refractivity contribution in [2.24, 2.45) is 0 Å². The number of hydrogen-bond acceptors (Lipinski definition) is 2. The summed E-state index contributed by atoms with van der Waals surface area (Å²) in [4.78, 5) is 14.2. The normalized spacial score (nSPS) is 25.4. The summed E-state index contributed by atoms with van der Waals surface area (Å²) < 4.78 is 5.49. The number of fused-ring (bicyclic) bond motifs is 2. The molecule has 2 saturated heterocycles. The van der Waals surface area contributed by atoms with E-state index in [0.29, 0.717) is 19.8 Å². The highest BCUT2D eigenvalue weighted by atomic mass is 16.5. The predicted octanol–water partition coefficient (Wildman–Crippen LogP) is 1.80. The van der Waals surface area contributed by atoms with E-state index >= 15 is 0 Å². The number of benzene rings is 1. The van der Waals surface area contributed by atoms with Gasteiger partial charge in [-0.25, -0.2) is 4.79 Å². The van der Waals surface area contributed by atoms with Crippen LogP contribution in [-0.2, 0) is 11.2 Å². The number of hydrogen-bond donors (Lipinski definition) is 1. The maximum absolute atomic E-state index is 12.2. The third kappa shape index (κ3) is 2.73. The predicted molar refractivity (Wildman–Crippen MR) is 73.0 cm³/mol. The lowest BCUT2D eigenvalue weighted by Gasteiger charge is -2.34. The van der Waals surface area contributed by atoms with E-state index in [1.807, 2.05) is 23.1 Å². The maximum Gasteiger partial charge on any atom is 0.318 e. The van der Waals surface area contributed by atoms with Crippen LogP contribution < -0.4 is 5.32 Å². The fraction of sp³-hybridized carbons (Fsp3) is 0.533. The molecule has 1 aromatic rings. The molecule has 2 aliphatic rings. The summed E-state index contributed by atoms with van der Waals surface area (Å²) in [5.41, 5.74) is 1.26. The zero-order chi connectivity index (χ0) is 13.1. The number of carbonyl (C=O) groups excluding carboxylic acids is 1. The summed E-state index contributed by atoms with van der Waals surface area (Å²) in [7, 11) is 0. The Kier molecular flexibility index (Phi) is 3.69. The first-order valence-corrected chi connectivity index (χ1v) is 7.02. The second-order valence-electron chi connectivity index (χ2n) is 5.30. The molecule has 0 aromatic heterocycles. The summed E-state index contributed by atoms with van der Waals surface area (Å²) in [6, 6.07) is 10.9. The highest BCUT2D eigenvalue weighted by Crippen LogP contribution is 2.28. The van der Waals surface area contributed by atoms with Gasteiger partial charge in [-0.3, -0.25) is 0 Å². The van der Waals surface area contributed by atoms with Crippen molar-refractivity contribution in [2.75, 3.05) is 19.8 Å². The monoisotopic (exact) mass is 260 g/mol. The zero-order valence-electron chi connectivity index (χ0n) is 11.0. The topological polar surface area (TPSA) is 41.6 Å². The molecule has 0 saturated carbocycles. The van der Waals surface area contributed by atoms with Crippen molar-refractivity contribution >= 4 is 6.03 Å². The van der Waals surface area contributed by atoms with E-state index in [1.165, 1.54) is 5.56 Å². The van der Waals surface area contributed by atoms with E-state index in [0.717, 1.165) is 19.3 Å². The molecule has 0 radical (unpaired) electrons. The van der Waals surface area contributed by atoms with Gasteiger partial charge in [-0.2, -0.15) is 0 Å². The highest BCUT2D eigenvalue weighted by Gasteiger charge is 2.40. The van der Waals surface area contributed by atoms with E-state index in [-0.39, 0.29) is 18.1 Å². The van der Waals surface area contributed by atoms with Crippen LogP contribution in [0.2, 0.25) is 0 Å². The molecule has 2 atom stereocenters. The van der Waals surface area contributed by atoms with Gasteiger partial charge in [0.15, 0.2) is 0 Å². The van der Waals surface area contributed by atoms with Gasteiger partial charge >= 0.3 is 6.03 Å². The Bertz CT molecular complexity index is 419. The van der Waals surface area contributed by atoms with Crippen LogP contribution in [0.4, 0.5) is 4.79 Å². The van der Waals surface area contributed by atoms with Crippen molar-refractivity contribution in [3.05, 3.63) is 35.9 Å². The average Bonchev–Trinajstić information content (AvgIpc) is 2.70. The van der Waals surface area contributed by atoms with Gasteiger partial charge in [0.05, 0.1) is 25.3 Å². The maximum atomic E-state index is 12.2. The number of amides is 2. The quantitative estimate of drug-likeness (QED) is 0.900. The van der Waals surface area contributed by atoms with Gasteiger partial charge in [-0.05, 0) is 24.8 Å². The minimum Gasteiger partial charge on any atom is -0.377 e. The van der Waals surface area contributed by atoms with Crippen molar-refractivity contribution in [3.8, 4) is 0 Å². The molecule has 0 aliphatic carbocycles. The number of morpholine rings is 1. The number of nitrogens with zero attached hydrogens (tertiary/aromatic N) is 1. The van der Waals surface area contributed by atoms with E-state index in [4.69, 9.17) is 4.74 Å². The molecule has 2 bridgehead atoms. The van der Waals surface area contributed by atoms with Crippen LogP contribution in [0.1, 0.15) is 18.4 Å². The van der Waals surface area contributed by atoms with E-state index in [9.17, 15) is 4.79 Å². The van der Waals surface area contributed by atoms with Gasteiger partial charge in [-0.15, -0.1) is 0 Å². The third-order valence-electron chi connectivity index (χ3n) is 4.01. The summed E-state index contributed by atoms with van der Waals surface area (Å²) in [6.45, 7) is 2.09. The Labute approximate surface area is 113 Å². The van der Waals surface area contributed by atoms with Crippen molar-refractivity contribution < 1.29 is 9.53 Å². The Morgan fingerprint density at radius 3 is 2.58 bits per heavy atom. The minimum atomic E-state index is 0.0757. The zero-order valence-corrected chi connectivity index (χ0v) is 11.0. The second kappa shape index (κ2) is 5.61. The first-order chi connectivity index (χ1) is 9.34. The molecule has 102 valence electrons. The Morgan fingerprint density at radius 1 is 1.21 bits per heavy atom. The molecule has 0 spiro atoms. The second-order valence-corrected chi connectivity index (χ2v) is 5.30. The Balaban J connectivity index is 1.49. The van der Waals surface area contributed by atoms with Gasteiger partial charge in [0.1, 0.15) is 0 Å². The molecular weight excluding hydrogens is 240 g/mol. The third-order valence-corrected chi connectivity index (χ3v) is 4.01. The number of ether oxygens (including phenoxy) is 1. The summed E-state index contributed by atoms with van der Waals surface area (Å²) in [5, 5.41) is 3.03. The Morgan fingerprint density at radius 2 is 1.89 bits per heavy atom. The van der Waals surface area contributed by atoms with Crippen molar-refractivity contribution in [2.45, 2.75) is 31.3 Å². The summed E-state index contributed by atoms with van der Waals surface area (Å²) >= 11 is 0. The van der Waals surface area contributed by atoms with Crippen LogP contribution in [0.3, 0.4) is 0 Å². The molecule has 4 nitrogen and oxygen atoms in total. The number of rotatable bonds is 3. The van der Waals surface area contributed by atoms with Crippen molar-refractivity contribution in [1.82, 2.24) is 10.2 Å². The van der Waals surface area contributed by atoms with Gasteiger partial charge in [0, 0.05) is 6.54 Å². The van der Waals surface area contributed by atoms with Gasteiger partial charge in [0.25, 0.3) is 0 Å². The van der Waals surface area contributed by atoms with E-state index < -0.39 is 0 Å². The fourth-order valence-corrected chi connectivity index (χ4v) is 3.01. The smallest absolute Gasteiger partial charge is 0.318 e. The molecule has 2 amide bonds. The lowest BCUT2D eigenvalue weighted by Crippen LogP contribution is -2.53. The van der Waals surface area contributed by atoms with Crippen molar-refractivity contribution in [1.29, 1.82) is 0 Å². The highest BCUT2D eigenvalue weighted by molar-refractivity contribution is 5.75. The lowest BCUT2D eigenvalue weighted by atomic mass is 10.1. The average molecular weight is 260 g/mol. The van der Waals surface area contributed by atoms with Crippen LogP contribution in [0.15, 0.2) is 30.3 Å². The molecule has 2 aliphatic heterocycles. The first kappa shape index (κ1) is 12.5. The van der Waals surface area contributed by atoms with Gasteiger partial charge < -0.3 is 15.0 Å². The minimum absolute atomic E-state index is 0.0757. The van der Waals surface area contributed by atoms with Gasteiger partial charge in [0.2, 0.25) is 0 Å². The fourth-order valence-electron chi connectivity index (χ4n) is 3.01. The Hall–Kier alpha value is -1.55. The molecule has 1 aromatic carbocycles. The standard InChI is InChI=1S/C15H20N2O2/c18-15(16-9-8-12-4-2-1-3-5-12)17-13-6-7-14(17)11-19-10-13/h1-5,13-14H,6-11H2,(H,16,18). The molecular formula is C15H20N2O2. The first-order valence-electron chi connectivity index (χ1n) is 7.02. The van der Waals surface area contributed by atoms with Crippen LogP contribution in [-0.4, -0.2) is 42.8 Å². The number of carbonyl (C=O) groups is 1. The molecule has 4 heteroatoms. The van der Waals surface area contributed by atoms with E-state index in [1.54, 1.807) is 0 Å². The van der Waals surface area contributed by atoms with Gasteiger partial charge in [-0.1, -0.05) is 30.3 Å². The van der Waals surface area contributed by atoms with Crippen molar-refractivity contribution in [3.63, 3.8) is 0 Å². The van der Waals surface area contributed by atoms with Crippen LogP contribution >= 0.6 is 0 Å². The number of nitrogens with one attached hydrogen (secondary N) is 1. The largest absolute Gasteiger partial charge is 0.377 e. The van der Waals surface area contributed by atoms with Crippen LogP contribution in [0, 0.1) is 0 Å².